The highest BCUT2D eigenvalue weighted by atomic mass is 127. The summed E-state index contributed by atoms with van der Waals surface area (Å²) in [7, 11) is 0. The molecule has 0 aromatic heterocycles. The molecule has 2 aliphatic rings. The van der Waals surface area contributed by atoms with Crippen LogP contribution in [0, 0.1) is 11.8 Å². The summed E-state index contributed by atoms with van der Waals surface area (Å²) in [5, 5.41) is 22.4. The number of alkyl halides is 2. The summed E-state index contributed by atoms with van der Waals surface area (Å²) in [4.78, 5) is 25.2. The minimum Gasteiger partial charge on any atom is -0.462 e. The SMILES string of the molecule is CCC(I)C(=O)OC1CCCC1C(O)(CC)CCCCC(I)C(=O)OC1CCCC(C(O)(CC)CC)C1. The van der Waals surface area contributed by atoms with Crippen LogP contribution in [0.3, 0.4) is 0 Å². The smallest absolute Gasteiger partial charge is 0.319 e. The Labute approximate surface area is 252 Å². The average Bonchev–Trinajstić information content (AvgIpc) is 3.38. The summed E-state index contributed by atoms with van der Waals surface area (Å²) >= 11 is 4.32. The number of carbonyl (C=O) groups is 2. The fourth-order valence-corrected chi connectivity index (χ4v) is 7.11. The molecule has 0 heterocycles. The van der Waals surface area contributed by atoms with Gasteiger partial charge in [-0.2, -0.15) is 0 Å². The van der Waals surface area contributed by atoms with E-state index >= 15 is 0 Å². The van der Waals surface area contributed by atoms with Gasteiger partial charge in [-0.3, -0.25) is 9.59 Å². The van der Waals surface area contributed by atoms with Crippen LogP contribution >= 0.6 is 45.2 Å². The third-order valence-electron chi connectivity index (χ3n) is 9.10. The van der Waals surface area contributed by atoms with E-state index in [4.69, 9.17) is 9.47 Å². The van der Waals surface area contributed by atoms with Crippen LogP contribution in [-0.2, 0) is 19.1 Å². The first-order chi connectivity index (χ1) is 17.5. The largest absolute Gasteiger partial charge is 0.462 e. The summed E-state index contributed by atoms with van der Waals surface area (Å²) < 4.78 is 11.4. The average molecular weight is 749 g/mol. The number of esters is 2. The summed E-state index contributed by atoms with van der Waals surface area (Å²) in [5.41, 5.74) is -1.50. The van der Waals surface area contributed by atoms with Crippen LogP contribution in [-0.4, -0.2) is 53.4 Å². The molecule has 6 nitrogen and oxygen atoms in total. The fraction of sp³-hybridized carbons (Fsp3) is 0.931. The first kappa shape index (κ1) is 33.5. The number of unbranched alkanes of at least 4 members (excludes halogenated alkanes) is 1. The number of hydrogen-bond acceptors (Lipinski definition) is 6. The van der Waals surface area contributed by atoms with Crippen molar-refractivity contribution >= 4 is 57.1 Å². The van der Waals surface area contributed by atoms with Crippen LogP contribution in [0.4, 0.5) is 0 Å². The maximum atomic E-state index is 12.8. The van der Waals surface area contributed by atoms with Crippen LogP contribution in [0.5, 0.6) is 0 Å². The summed E-state index contributed by atoms with van der Waals surface area (Å²) in [6.45, 7) is 8.06. The Morgan fingerprint density at radius 1 is 0.838 bits per heavy atom. The second-order valence-corrected chi connectivity index (χ2v) is 14.3. The Kier molecular flexibility index (Phi) is 14.4. The van der Waals surface area contributed by atoms with Gasteiger partial charge < -0.3 is 19.7 Å². The normalized spacial score (nSPS) is 27.8. The number of hydrogen-bond donors (Lipinski definition) is 2. The quantitative estimate of drug-likeness (QED) is 0.0807. The molecule has 7 unspecified atom stereocenters. The van der Waals surface area contributed by atoms with E-state index in [1.165, 1.54) is 0 Å². The number of aliphatic hydroxyl groups is 2. The van der Waals surface area contributed by atoms with Crippen molar-refractivity contribution in [1.29, 1.82) is 0 Å². The van der Waals surface area contributed by atoms with E-state index in [-0.39, 0.29) is 43.8 Å². The lowest BCUT2D eigenvalue weighted by Crippen LogP contribution is -2.43. The van der Waals surface area contributed by atoms with Crippen molar-refractivity contribution in [3.63, 3.8) is 0 Å². The molecule has 0 amide bonds. The van der Waals surface area contributed by atoms with Crippen LogP contribution < -0.4 is 0 Å². The zero-order valence-electron chi connectivity index (χ0n) is 23.4. The molecule has 0 aromatic carbocycles. The second-order valence-electron chi connectivity index (χ2n) is 11.3. The van der Waals surface area contributed by atoms with Crippen molar-refractivity contribution < 1.29 is 29.3 Å². The second kappa shape index (κ2) is 15.9. The van der Waals surface area contributed by atoms with Gasteiger partial charge >= 0.3 is 11.9 Å². The van der Waals surface area contributed by atoms with E-state index in [1.807, 2.05) is 27.7 Å². The van der Waals surface area contributed by atoms with Gasteiger partial charge in [0.1, 0.15) is 20.1 Å². The molecule has 0 aliphatic heterocycles. The van der Waals surface area contributed by atoms with E-state index in [0.717, 1.165) is 83.5 Å². The topological polar surface area (TPSA) is 93.1 Å². The minimum absolute atomic E-state index is 0.0218. The van der Waals surface area contributed by atoms with Crippen molar-refractivity contribution in [3.8, 4) is 0 Å². The molecule has 2 N–H and O–H groups in total. The molecule has 216 valence electrons. The van der Waals surface area contributed by atoms with Gasteiger partial charge in [0.05, 0.1) is 11.2 Å². The van der Waals surface area contributed by atoms with Gasteiger partial charge in [-0.05, 0) is 89.4 Å². The predicted molar refractivity (Wildman–Crippen MR) is 164 cm³/mol. The Morgan fingerprint density at radius 3 is 2.08 bits per heavy atom. The van der Waals surface area contributed by atoms with Gasteiger partial charge in [0.2, 0.25) is 0 Å². The van der Waals surface area contributed by atoms with Crippen LogP contribution in [0.15, 0.2) is 0 Å². The molecule has 2 aliphatic carbocycles. The molecule has 0 spiro atoms. The van der Waals surface area contributed by atoms with E-state index in [1.54, 1.807) is 0 Å². The van der Waals surface area contributed by atoms with Gasteiger partial charge in [0.25, 0.3) is 0 Å². The predicted octanol–water partition coefficient (Wildman–Crippen LogP) is 7.07. The Morgan fingerprint density at radius 2 is 1.46 bits per heavy atom. The maximum Gasteiger partial charge on any atom is 0.319 e. The van der Waals surface area contributed by atoms with Crippen molar-refractivity contribution in [3.05, 3.63) is 0 Å². The molecule has 0 radical (unpaired) electrons. The molecule has 0 saturated heterocycles. The lowest BCUT2D eigenvalue weighted by Gasteiger charge is -2.40. The molecular weight excluding hydrogens is 698 g/mol. The Balaban J connectivity index is 1.80. The van der Waals surface area contributed by atoms with E-state index in [9.17, 15) is 19.8 Å². The Hall–Kier alpha value is 0.320. The highest BCUT2D eigenvalue weighted by Gasteiger charge is 2.44. The van der Waals surface area contributed by atoms with Crippen LogP contribution in [0.1, 0.15) is 124 Å². The summed E-state index contributed by atoms with van der Waals surface area (Å²) in [6, 6.07) is 0. The van der Waals surface area contributed by atoms with Crippen molar-refractivity contribution in [2.45, 2.75) is 155 Å². The first-order valence-electron chi connectivity index (χ1n) is 14.7. The summed E-state index contributed by atoms with van der Waals surface area (Å²) in [5.74, 6) is -0.146. The monoisotopic (exact) mass is 748 g/mol. The molecule has 0 bridgehead atoms. The van der Waals surface area contributed by atoms with Gasteiger partial charge in [-0.25, -0.2) is 0 Å². The standard InChI is InChI=1S/C29H50I2O6/c1-5-23(30)26(32)37-25-17-12-15-22(25)29(35,8-4)18-10-9-16-24(31)27(33)36-21-14-11-13-20(19-21)28(34,6-2)7-3/h20-25,34-35H,5-19H2,1-4H3. The van der Waals surface area contributed by atoms with E-state index in [0.29, 0.717) is 12.8 Å². The molecule has 2 fully saturated rings. The van der Waals surface area contributed by atoms with E-state index in [2.05, 4.69) is 45.2 Å². The van der Waals surface area contributed by atoms with Crippen LogP contribution in [0.2, 0.25) is 0 Å². The zero-order chi connectivity index (χ0) is 27.6. The van der Waals surface area contributed by atoms with Gasteiger partial charge in [0.15, 0.2) is 0 Å². The summed E-state index contributed by atoms with van der Waals surface area (Å²) in [6.07, 6.45) is 11.9. The molecule has 2 saturated carbocycles. The van der Waals surface area contributed by atoms with Gasteiger partial charge in [-0.1, -0.05) is 85.7 Å². The zero-order valence-corrected chi connectivity index (χ0v) is 27.7. The fourth-order valence-electron chi connectivity index (χ4n) is 6.37. The highest BCUT2D eigenvalue weighted by Crippen LogP contribution is 2.42. The molecule has 0 aromatic rings. The van der Waals surface area contributed by atoms with E-state index < -0.39 is 11.2 Å². The molecular formula is C29H50I2O6. The van der Waals surface area contributed by atoms with Gasteiger partial charge in [0, 0.05) is 5.92 Å². The first-order valence-corrected chi connectivity index (χ1v) is 17.2. The number of ether oxygens (including phenoxy) is 2. The number of halogens is 2. The molecule has 7 atom stereocenters. The van der Waals surface area contributed by atoms with Gasteiger partial charge in [-0.15, -0.1) is 0 Å². The maximum absolute atomic E-state index is 12.8. The third-order valence-corrected chi connectivity index (χ3v) is 11.6. The number of carbonyl (C=O) groups excluding carboxylic acids is 2. The molecule has 8 heteroatoms. The molecule has 2 rings (SSSR count). The van der Waals surface area contributed by atoms with Crippen molar-refractivity contribution in [2.24, 2.45) is 11.8 Å². The van der Waals surface area contributed by atoms with Crippen LogP contribution in [0.25, 0.3) is 0 Å². The van der Waals surface area contributed by atoms with Crippen molar-refractivity contribution in [2.75, 3.05) is 0 Å². The lowest BCUT2D eigenvalue weighted by atomic mass is 9.73. The third kappa shape index (κ3) is 9.44. The number of rotatable bonds is 15. The molecule has 37 heavy (non-hydrogen) atoms. The lowest BCUT2D eigenvalue weighted by molar-refractivity contribution is -0.156. The Bertz CT molecular complexity index is 715. The minimum atomic E-state index is -0.845. The highest BCUT2D eigenvalue weighted by molar-refractivity contribution is 14.1. The van der Waals surface area contributed by atoms with Crippen molar-refractivity contribution in [1.82, 2.24) is 0 Å².